The first-order valence-corrected chi connectivity index (χ1v) is 11.2. The second-order valence-electron chi connectivity index (χ2n) is 7.26. The Kier molecular flexibility index (Phi) is 5.89. The monoisotopic (exact) mass is 358 g/mol. The van der Waals surface area contributed by atoms with Gasteiger partial charge >= 0.3 is 0 Å². The van der Waals surface area contributed by atoms with E-state index >= 15 is 0 Å². The van der Waals surface area contributed by atoms with E-state index in [0.29, 0.717) is 12.1 Å². The predicted octanol–water partition coefficient (Wildman–Crippen LogP) is 3.96. The van der Waals surface area contributed by atoms with E-state index in [-0.39, 0.29) is 19.8 Å². The lowest BCUT2D eigenvalue weighted by Crippen LogP contribution is -2.55. The van der Waals surface area contributed by atoms with Crippen molar-refractivity contribution in [2.75, 3.05) is 26.4 Å². The third-order valence-corrected chi connectivity index (χ3v) is 6.41. The molecular formula is C21H28FN2P. The molecule has 2 nitrogen and oxygen atoms in total. The SMILES string of the molecule is C[C@@H]1CN[C@@H](C)CN1C(c1ccc(F)cc1)c1ccccc1P(C)C. The lowest BCUT2D eigenvalue weighted by molar-refractivity contribution is 0.113. The van der Waals surface area contributed by atoms with Crippen LogP contribution in [0.4, 0.5) is 4.39 Å². The molecule has 0 spiro atoms. The van der Waals surface area contributed by atoms with Crippen molar-refractivity contribution >= 4 is 13.2 Å². The van der Waals surface area contributed by atoms with Gasteiger partial charge in [0.2, 0.25) is 0 Å². The molecule has 0 radical (unpaired) electrons. The van der Waals surface area contributed by atoms with E-state index in [4.69, 9.17) is 0 Å². The van der Waals surface area contributed by atoms with Crippen LogP contribution in [0.25, 0.3) is 0 Å². The molecule has 1 N–H and O–H groups in total. The number of hydrogen-bond donors (Lipinski definition) is 1. The minimum atomic E-state index is -0.208. The topological polar surface area (TPSA) is 15.3 Å². The molecule has 3 rings (SSSR count). The van der Waals surface area contributed by atoms with E-state index in [1.807, 2.05) is 12.1 Å². The van der Waals surface area contributed by atoms with Gasteiger partial charge in [-0.25, -0.2) is 4.39 Å². The number of hydrogen-bond acceptors (Lipinski definition) is 2. The van der Waals surface area contributed by atoms with Crippen LogP contribution in [0.5, 0.6) is 0 Å². The van der Waals surface area contributed by atoms with Crippen molar-refractivity contribution in [2.45, 2.75) is 32.0 Å². The molecule has 0 aromatic heterocycles. The highest BCUT2D eigenvalue weighted by Crippen LogP contribution is 2.36. The Morgan fingerprint density at radius 3 is 2.44 bits per heavy atom. The molecule has 3 atom stereocenters. The predicted molar refractivity (Wildman–Crippen MR) is 107 cm³/mol. The van der Waals surface area contributed by atoms with Crippen LogP contribution < -0.4 is 10.6 Å². The largest absolute Gasteiger partial charge is 0.311 e. The quantitative estimate of drug-likeness (QED) is 0.832. The van der Waals surface area contributed by atoms with E-state index in [1.165, 1.54) is 16.4 Å². The maximum Gasteiger partial charge on any atom is 0.123 e. The third kappa shape index (κ3) is 4.11. The first kappa shape index (κ1) is 18.5. The smallest absolute Gasteiger partial charge is 0.123 e. The Morgan fingerprint density at radius 1 is 1.08 bits per heavy atom. The Labute approximate surface area is 152 Å². The molecule has 1 saturated heterocycles. The van der Waals surface area contributed by atoms with E-state index in [2.05, 4.69) is 61.7 Å². The summed E-state index contributed by atoms with van der Waals surface area (Å²) in [4.78, 5) is 2.58. The molecule has 1 aliphatic rings. The summed E-state index contributed by atoms with van der Waals surface area (Å²) in [6.07, 6.45) is 0. The van der Waals surface area contributed by atoms with Gasteiger partial charge in [0.1, 0.15) is 5.82 Å². The molecule has 0 saturated carbocycles. The molecule has 1 heterocycles. The van der Waals surface area contributed by atoms with Gasteiger partial charge in [-0.3, -0.25) is 4.90 Å². The summed E-state index contributed by atoms with van der Waals surface area (Å²) in [5.41, 5.74) is 2.54. The van der Waals surface area contributed by atoms with Crippen LogP contribution in [0.3, 0.4) is 0 Å². The van der Waals surface area contributed by atoms with Gasteiger partial charge in [0, 0.05) is 25.2 Å². The van der Waals surface area contributed by atoms with Crippen molar-refractivity contribution in [2.24, 2.45) is 0 Å². The highest BCUT2D eigenvalue weighted by Gasteiger charge is 2.32. The highest BCUT2D eigenvalue weighted by molar-refractivity contribution is 7.64. The van der Waals surface area contributed by atoms with Crippen molar-refractivity contribution in [3.8, 4) is 0 Å². The maximum absolute atomic E-state index is 13.5. The zero-order valence-corrected chi connectivity index (χ0v) is 16.4. The molecule has 25 heavy (non-hydrogen) atoms. The van der Waals surface area contributed by atoms with Gasteiger partial charge in [-0.1, -0.05) is 44.3 Å². The number of nitrogens with one attached hydrogen (secondary N) is 1. The minimum absolute atomic E-state index is 0.168. The van der Waals surface area contributed by atoms with Crippen molar-refractivity contribution in [3.05, 3.63) is 65.5 Å². The molecule has 2 aromatic rings. The number of piperazine rings is 1. The Hall–Kier alpha value is -1.28. The van der Waals surface area contributed by atoms with Crippen molar-refractivity contribution in [1.82, 2.24) is 10.2 Å². The van der Waals surface area contributed by atoms with Crippen LogP contribution in [-0.4, -0.2) is 43.4 Å². The van der Waals surface area contributed by atoms with E-state index in [9.17, 15) is 4.39 Å². The fourth-order valence-electron chi connectivity index (χ4n) is 3.73. The Bertz CT molecular complexity index is 701. The zero-order chi connectivity index (χ0) is 18.0. The average Bonchev–Trinajstić information content (AvgIpc) is 2.60. The normalized spacial score (nSPS) is 23.0. The van der Waals surface area contributed by atoms with Gasteiger partial charge < -0.3 is 5.32 Å². The fraction of sp³-hybridized carbons (Fsp3) is 0.429. The van der Waals surface area contributed by atoms with Crippen LogP contribution in [-0.2, 0) is 0 Å². The van der Waals surface area contributed by atoms with Gasteiger partial charge in [-0.2, -0.15) is 0 Å². The van der Waals surface area contributed by atoms with Gasteiger partial charge in [-0.05, 0) is 55.7 Å². The summed E-state index contributed by atoms with van der Waals surface area (Å²) in [6.45, 7) is 11.1. The number of benzene rings is 2. The molecule has 0 amide bonds. The highest BCUT2D eigenvalue weighted by atomic mass is 31.1. The molecule has 134 valence electrons. The summed E-state index contributed by atoms with van der Waals surface area (Å²) < 4.78 is 13.5. The zero-order valence-electron chi connectivity index (χ0n) is 15.5. The van der Waals surface area contributed by atoms with Crippen LogP contribution in [0.15, 0.2) is 48.5 Å². The Morgan fingerprint density at radius 2 is 1.76 bits per heavy atom. The number of halogens is 1. The van der Waals surface area contributed by atoms with Crippen LogP contribution in [0, 0.1) is 5.82 Å². The van der Waals surface area contributed by atoms with Gasteiger partial charge in [0.25, 0.3) is 0 Å². The number of nitrogens with zero attached hydrogens (tertiary/aromatic N) is 1. The van der Waals surface area contributed by atoms with Gasteiger partial charge in [-0.15, -0.1) is 0 Å². The van der Waals surface area contributed by atoms with E-state index < -0.39 is 0 Å². The van der Waals surface area contributed by atoms with Crippen LogP contribution >= 0.6 is 7.92 Å². The molecule has 2 aromatic carbocycles. The van der Waals surface area contributed by atoms with Crippen molar-refractivity contribution in [3.63, 3.8) is 0 Å². The Balaban J connectivity index is 2.11. The summed E-state index contributed by atoms with van der Waals surface area (Å²) in [5.74, 6) is -0.175. The van der Waals surface area contributed by atoms with Crippen molar-refractivity contribution in [1.29, 1.82) is 0 Å². The summed E-state index contributed by atoms with van der Waals surface area (Å²) in [6, 6.07) is 16.9. The standard InChI is InChI=1S/C21H28FN2P/c1-15-14-24(16(2)13-23-15)21(17-9-11-18(22)12-10-17)19-7-5-6-8-20(19)25(3)4/h5-12,15-16,21,23H,13-14H2,1-4H3/t15-,16+,21?/m0/s1. The van der Waals surface area contributed by atoms with Gasteiger partial charge in [0.15, 0.2) is 0 Å². The average molecular weight is 358 g/mol. The molecular weight excluding hydrogens is 330 g/mol. The summed E-state index contributed by atoms with van der Waals surface area (Å²) >= 11 is 0. The second kappa shape index (κ2) is 7.95. The molecule has 4 heteroatoms. The van der Waals surface area contributed by atoms with E-state index in [0.717, 1.165) is 13.1 Å². The number of rotatable bonds is 4. The third-order valence-electron chi connectivity index (χ3n) is 5.04. The lowest BCUT2D eigenvalue weighted by Gasteiger charge is -2.43. The summed E-state index contributed by atoms with van der Waals surface area (Å²) in [5, 5.41) is 5.00. The molecule has 1 fully saturated rings. The lowest BCUT2D eigenvalue weighted by atomic mass is 9.94. The first-order valence-electron chi connectivity index (χ1n) is 8.98. The summed E-state index contributed by atoms with van der Waals surface area (Å²) in [7, 11) is -0.208. The molecule has 0 bridgehead atoms. The van der Waals surface area contributed by atoms with Crippen molar-refractivity contribution < 1.29 is 4.39 Å². The van der Waals surface area contributed by atoms with Gasteiger partial charge in [0.05, 0.1) is 6.04 Å². The maximum atomic E-state index is 13.5. The van der Waals surface area contributed by atoms with Crippen LogP contribution in [0.1, 0.15) is 31.0 Å². The minimum Gasteiger partial charge on any atom is -0.311 e. The first-order chi connectivity index (χ1) is 12.0. The van der Waals surface area contributed by atoms with E-state index in [1.54, 1.807) is 12.1 Å². The molecule has 1 unspecified atom stereocenters. The second-order valence-corrected chi connectivity index (χ2v) is 9.53. The van der Waals surface area contributed by atoms with Crippen LogP contribution in [0.2, 0.25) is 0 Å². The molecule has 1 aliphatic heterocycles. The molecule has 0 aliphatic carbocycles. The fourth-order valence-corrected chi connectivity index (χ4v) is 4.83.